The van der Waals surface area contributed by atoms with E-state index in [0.717, 1.165) is 0 Å². The van der Waals surface area contributed by atoms with E-state index >= 15 is 0 Å². The fourth-order valence-corrected chi connectivity index (χ4v) is 2.10. The molecular weight excluding hydrogens is 375 g/mol. The Bertz CT molecular complexity index is 734. The number of anilines is 1. The van der Waals surface area contributed by atoms with E-state index in [1.165, 1.54) is 12.4 Å². The van der Waals surface area contributed by atoms with E-state index in [-0.39, 0.29) is 30.7 Å². The molecule has 4 N–H and O–H groups in total. The number of allylic oxidation sites excluding steroid dienone is 2. The van der Waals surface area contributed by atoms with Crippen molar-refractivity contribution in [2.75, 3.05) is 18.5 Å². The second-order valence-corrected chi connectivity index (χ2v) is 6.67. The first-order valence-corrected chi connectivity index (χ1v) is 9.59. The number of hydrogen-bond donors (Lipinski definition) is 4. The number of nitrogens with one attached hydrogen (secondary N) is 3. The van der Waals surface area contributed by atoms with Crippen LogP contribution in [0.4, 0.5) is 15.9 Å². The highest BCUT2D eigenvalue weighted by atomic mass is 19.1. The van der Waals surface area contributed by atoms with Crippen molar-refractivity contribution in [1.82, 2.24) is 20.6 Å². The standard InChI is InChI=1S/C20H31FN6O2/c1-14(2)22-11-8-17(21)7-5-9-23-19-18(15(3)25-13-26-19)27-16(4)20(29)24-10-6-12-28/h5,8-9,11,13-14,17,22,28H,6-7,10,12H2,1-4H3,(H,24,29)(H,23,25,26)/b9-5+,11-8+,27-16?. The minimum absolute atomic E-state index is 0.00622. The van der Waals surface area contributed by atoms with Gasteiger partial charge in [0.25, 0.3) is 5.91 Å². The predicted molar refractivity (Wildman–Crippen MR) is 114 cm³/mol. The van der Waals surface area contributed by atoms with Gasteiger partial charge in [0.2, 0.25) is 0 Å². The minimum Gasteiger partial charge on any atom is -0.396 e. The molecule has 0 saturated carbocycles. The first-order valence-electron chi connectivity index (χ1n) is 9.59. The van der Waals surface area contributed by atoms with E-state index in [1.807, 2.05) is 13.8 Å². The molecule has 1 heterocycles. The molecule has 0 bridgehead atoms. The number of aromatic nitrogens is 2. The van der Waals surface area contributed by atoms with Gasteiger partial charge in [-0.1, -0.05) is 6.08 Å². The number of aliphatic hydroxyl groups is 1. The average molecular weight is 407 g/mol. The summed E-state index contributed by atoms with van der Waals surface area (Å²) in [5, 5.41) is 17.4. The van der Waals surface area contributed by atoms with Gasteiger partial charge in [-0.3, -0.25) is 4.79 Å². The molecule has 1 aromatic heterocycles. The lowest BCUT2D eigenvalue weighted by atomic mass is 10.2. The van der Waals surface area contributed by atoms with Gasteiger partial charge >= 0.3 is 0 Å². The van der Waals surface area contributed by atoms with E-state index in [9.17, 15) is 9.18 Å². The molecule has 0 fully saturated rings. The number of carbonyl (C=O) groups excluding carboxylic acids is 1. The number of aryl methyl sites for hydroxylation is 1. The molecule has 9 heteroatoms. The van der Waals surface area contributed by atoms with Gasteiger partial charge in [-0.15, -0.1) is 0 Å². The predicted octanol–water partition coefficient (Wildman–Crippen LogP) is 2.54. The second kappa shape index (κ2) is 13.4. The molecule has 1 aromatic rings. The molecule has 1 rings (SSSR count). The summed E-state index contributed by atoms with van der Waals surface area (Å²) in [6.45, 7) is 7.68. The number of aliphatic imine (C=N–C) groups is 1. The van der Waals surface area contributed by atoms with E-state index < -0.39 is 6.17 Å². The van der Waals surface area contributed by atoms with Gasteiger partial charge in [-0.2, -0.15) is 0 Å². The third-order valence-electron chi connectivity index (χ3n) is 3.67. The largest absolute Gasteiger partial charge is 0.396 e. The maximum absolute atomic E-state index is 13.8. The summed E-state index contributed by atoms with van der Waals surface area (Å²) < 4.78 is 13.8. The lowest BCUT2D eigenvalue weighted by molar-refractivity contribution is -0.114. The Morgan fingerprint density at radius 1 is 1.34 bits per heavy atom. The zero-order valence-electron chi connectivity index (χ0n) is 17.4. The van der Waals surface area contributed by atoms with Crippen LogP contribution in [0.2, 0.25) is 0 Å². The van der Waals surface area contributed by atoms with Crippen LogP contribution in [0.3, 0.4) is 0 Å². The summed E-state index contributed by atoms with van der Waals surface area (Å²) in [7, 11) is 0. The molecular formula is C20H31FN6O2. The van der Waals surface area contributed by atoms with Crippen LogP contribution in [-0.2, 0) is 4.79 Å². The molecule has 0 aliphatic carbocycles. The number of carbonyl (C=O) groups is 1. The zero-order chi connectivity index (χ0) is 21.6. The number of alkyl halides is 1. The smallest absolute Gasteiger partial charge is 0.265 e. The van der Waals surface area contributed by atoms with Crippen LogP contribution < -0.4 is 16.0 Å². The van der Waals surface area contributed by atoms with Crippen molar-refractivity contribution in [3.63, 3.8) is 0 Å². The molecule has 29 heavy (non-hydrogen) atoms. The van der Waals surface area contributed by atoms with Crippen LogP contribution in [0.5, 0.6) is 0 Å². The SMILES string of the molecule is CC(=Nc1c(C)ncnc1N/C=C/CC(F)/C=C/NC(C)C)C(=O)NCCCO. The van der Waals surface area contributed by atoms with Gasteiger partial charge in [0.05, 0.1) is 5.69 Å². The molecule has 0 spiro atoms. The van der Waals surface area contributed by atoms with Crippen molar-refractivity contribution in [3.8, 4) is 0 Å². The number of nitrogens with zero attached hydrogens (tertiary/aromatic N) is 3. The number of hydrogen-bond acceptors (Lipinski definition) is 7. The number of halogens is 1. The van der Waals surface area contributed by atoms with Crippen molar-refractivity contribution in [3.05, 3.63) is 36.6 Å². The van der Waals surface area contributed by atoms with Gasteiger partial charge < -0.3 is 21.1 Å². The maximum Gasteiger partial charge on any atom is 0.265 e. The highest BCUT2D eigenvalue weighted by Gasteiger charge is 2.11. The quantitative estimate of drug-likeness (QED) is 0.314. The Balaban J connectivity index is 2.74. The second-order valence-electron chi connectivity index (χ2n) is 6.67. The molecule has 1 unspecified atom stereocenters. The summed E-state index contributed by atoms with van der Waals surface area (Å²) in [6.07, 6.45) is 7.30. The minimum atomic E-state index is -1.10. The van der Waals surface area contributed by atoms with Gasteiger partial charge in [-0.05, 0) is 52.6 Å². The normalized spacial score (nSPS) is 13.3. The van der Waals surface area contributed by atoms with Crippen LogP contribution in [0.25, 0.3) is 0 Å². The summed E-state index contributed by atoms with van der Waals surface area (Å²) in [5.74, 6) is 0.0916. The molecule has 0 aromatic carbocycles. The Hall–Kier alpha value is -2.81. The van der Waals surface area contributed by atoms with Crippen LogP contribution in [0, 0.1) is 6.92 Å². The van der Waals surface area contributed by atoms with Crippen molar-refractivity contribution in [2.45, 2.75) is 52.8 Å². The Morgan fingerprint density at radius 3 is 2.79 bits per heavy atom. The summed E-state index contributed by atoms with van der Waals surface area (Å²) >= 11 is 0. The van der Waals surface area contributed by atoms with Gasteiger partial charge in [-0.25, -0.2) is 19.4 Å². The molecule has 1 atom stereocenters. The lowest BCUT2D eigenvalue weighted by Gasteiger charge is -2.08. The van der Waals surface area contributed by atoms with Gasteiger partial charge in [0.15, 0.2) is 5.82 Å². The van der Waals surface area contributed by atoms with Gasteiger partial charge in [0, 0.05) is 25.6 Å². The highest BCUT2D eigenvalue weighted by molar-refractivity contribution is 6.38. The highest BCUT2D eigenvalue weighted by Crippen LogP contribution is 2.25. The Labute approximate surface area is 171 Å². The summed E-state index contributed by atoms with van der Waals surface area (Å²) in [5.41, 5.74) is 1.29. The number of amides is 1. The van der Waals surface area contributed by atoms with Crippen LogP contribution in [0.15, 0.2) is 35.9 Å². The fraction of sp³-hybridized carbons (Fsp3) is 0.500. The topological polar surface area (TPSA) is 112 Å². The van der Waals surface area contributed by atoms with Crippen molar-refractivity contribution in [1.29, 1.82) is 0 Å². The van der Waals surface area contributed by atoms with E-state index in [0.29, 0.717) is 30.2 Å². The first-order chi connectivity index (χ1) is 13.8. The molecule has 1 amide bonds. The monoisotopic (exact) mass is 406 g/mol. The molecule has 0 radical (unpaired) electrons. The fourth-order valence-electron chi connectivity index (χ4n) is 2.10. The number of rotatable bonds is 12. The van der Waals surface area contributed by atoms with E-state index in [1.54, 1.807) is 32.3 Å². The Morgan fingerprint density at radius 2 is 2.10 bits per heavy atom. The van der Waals surface area contributed by atoms with Crippen molar-refractivity contribution in [2.24, 2.45) is 4.99 Å². The molecule has 0 saturated heterocycles. The third-order valence-corrected chi connectivity index (χ3v) is 3.67. The van der Waals surface area contributed by atoms with Crippen molar-refractivity contribution < 1.29 is 14.3 Å². The first kappa shape index (κ1) is 24.2. The molecule has 0 aliphatic rings. The molecule has 160 valence electrons. The zero-order valence-corrected chi connectivity index (χ0v) is 17.4. The lowest BCUT2D eigenvalue weighted by Crippen LogP contribution is -2.30. The van der Waals surface area contributed by atoms with Crippen LogP contribution in [-0.4, -0.2) is 52.1 Å². The maximum atomic E-state index is 13.8. The summed E-state index contributed by atoms with van der Waals surface area (Å²) in [4.78, 5) is 24.7. The van der Waals surface area contributed by atoms with Crippen LogP contribution in [0.1, 0.15) is 39.3 Å². The van der Waals surface area contributed by atoms with Crippen molar-refractivity contribution >= 4 is 23.1 Å². The third kappa shape index (κ3) is 9.79. The number of aliphatic hydroxyl groups excluding tert-OH is 1. The molecule has 0 aliphatic heterocycles. The van der Waals surface area contributed by atoms with Gasteiger partial charge in [0.1, 0.15) is 23.9 Å². The van der Waals surface area contributed by atoms with E-state index in [4.69, 9.17) is 5.11 Å². The van der Waals surface area contributed by atoms with Crippen LogP contribution >= 0.6 is 0 Å². The molecule has 8 nitrogen and oxygen atoms in total. The average Bonchev–Trinajstić information content (AvgIpc) is 2.67. The summed E-state index contributed by atoms with van der Waals surface area (Å²) in [6, 6.07) is 0.260. The Kier molecular flexibility index (Phi) is 11.2. The van der Waals surface area contributed by atoms with E-state index in [2.05, 4.69) is 30.9 Å².